The van der Waals surface area contributed by atoms with Crippen LogP contribution in [-0.2, 0) is 0 Å². The Bertz CT molecular complexity index is 425. The molecule has 3 nitrogen and oxygen atoms in total. The average molecular weight is 342 g/mol. The van der Waals surface area contributed by atoms with E-state index >= 15 is 0 Å². The van der Waals surface area contributed by atoms with Gasteiger partial charge in [-0.05, 0) is 50.3 Å². The van der Waals surface area contributed by atoms with Crippen molar-refractivity contribution in [2.45, 2.75) is 38.6 Å². The molecule has 1 aromatic rings. The summed E-state index contributed by atoms with van der Waals surface area (Å²) in [6, 6.07) is 6.67. The third kappa shape index (κ3) is 4.47. The molecule has 0 saturated heterocycles. The van der Waals surface area contributed by atoms with Crippen LogP contribution < -0.4 is 10.1 Å². The van der Waals surface area contributed by atoms with Crippen molar-refractivity contribution in [3.63, 3.8) is 0 Å². The van der Waals surface area contributed by atoms with E-state index in [0.717, 1.165) is 49.1 Å². The van der Waals surface area contributed by atoms with Gasteiger partial charge in [0.2, 0.25) is 0 Å². The maximum Gasteiger partial charge on any atom is 0.125 e. The van der Waals surface area contributed by atoms with Crippen LogP contribution in [-0.4, -0.2) is 24.9 Å². The molecule has 20 heavy (non-hydrogen) atoms. The number of hydrogen-bond donors (Lipinski definition) is 2. The molecular formula is C16H24BrNO2. The van der Waals surface area contributed by atoms with Crippen LogP contribution in [0.25, 0.3) is 0 Å². The van der Waals surface area contributed by atoms with Crippen LogP contribution in [0.4, 0.5) is 0 Å². The molecule has 0 amide bonds. The van der Waals surface area contributed by atoms with Crippen LogP contribution in [0.15, 0.2) is 22.7 Å². The quantitative estimate of drug-likeness (QED) is 0.776. The predicted molar refractivity (Wildman–Crippen MR) is 85.1 cm³/mol. The van der Waals surface area contributed by atoms with Gasteiger partial charge in [0.15, 0.2) is 0 Å². The summed E-state index contributed by atoms with van der Waals surface area (Å²) in [6.45, 7) is 4.16. The zero-order valence-electron chi connectivity index (χ0n) is 12.1. The summed E-state index contributed by atoms with van der Waals surface area (Å²) in [5.74, 6) is 1.40. The molecule has 2 rings (SSSR count). The number of aliphatic hydroxyl groups excluding tert-OH is 1. The van der Waals surface area contributed by atoms with E-state index in [1.165, 1.54) is 5.56 Å². The largest absolute Gasteiger partial charge is 0.493 e. The highest BCUT2D eigenvalue weighted by molar-refractivity contribution is 9.10. The Hall–Kier alpha value is -0.580. The van der Waals surface area contributed by atoms with Crippen LogP contribution in [0.3, 0.4) is 0 Å². The summed E-state index contributed by atoms with van der Waals surface area (Å²) in [7, 11) is 0. The summed E-state index contributed by atoms with van der Waals surface area (Å²) in [6.07, 6.45) is 4.37. The van der Waals surface area contributed by atoms with E-state index in [-0.39, 0.29) is 6.61 Å². The van der Waals surface area contributed by atoms with E-state index in [1.54, 1.807) is 0 Å². The molecule has 2 atom stereocenters. The second-order valence-electron chi connectivity index (χ2n) is 5.61. The lowest BCUT2D eigenvalue weighted by Crippen LogP contribution is -2.22. The fourth-order valence-electron chi connectivity index (χ4n) is 2.58. The molecular weight excluding hydrogens is 318 g/mol. The molecule has 0 spiro atoms. The first-order valence-corrected chi connectivity index (χ1v) is 8.26. The van der Waals surface area contributed by atoms with Gasteiger partial charge in [0, 0.05) is 22.7 Å². The smallest absolute Gasteiger partial charge is 0.125 e. The second kappa shape index (κ2) is 8.01. The molecule has 1 heterocycles. The van der Waals surface area contributed by atoms with Crippen LogP contribution in [0.2, 0.25) is 0 Å². The first kappa shape index (κ1) is 15.8. The van der Waals surface area contributed by atoms with Crippen LogP contribution >= 0.6 is 15.9 Å². The van der Waals surface area contributed by atoms with E-state index in [0.29, 0.717) is 12.0 Å². The molecule has 0 aliphatic carbocycles. The third-order valence-corrected chi connectivity index (χ3v) is 4.32. The number of ether oxygens (including phenoxy) is 1. The van der Waals surface area contributed by atoms with Crippen molar-refractivity contribution in [1.29, 1.82) is 0 Å². The predicted octanol–water partition coefficient (Wildman–Crippen LogP) is 3.66. The summed E-state index contributed by atoms with van der Waals surface area (Å²) in [4.78, 5) is 0. The van der Waals surface area contributed by atoms with Gasteiger partial charge in [0.05, 0.1) is 6.61 Å². The molecule has 2 N–H and O–H groups in total. The fourth-order valence-corrected chi connectivity index (χ4v) is 2.92. The van der Waals surface area contributed by atoms with E-state index in [1.807, 2.05) is 0 Å². The number of benzene rings is 1. The highest BCUT2D eigenvalue weighted by Gasteiger charge is 2.19. The summed E-state index contributed by atoms with van der Waals surface area (Å²) in [5.41, 5.74) is 1.26. The number of hydrogen-bond acceptors (Lipinski definition) is 3. The first-order valence-electron chi connectivity index (χ1n) is 7.47. The Morgan fingerprint density at radius 2 is 2.35 bits per heavy atom. The second-order valence-corrected chi connectivity index (χ2v) is 6.53. The molecule has 112 valence electrons. The van der Waals surface area contributed by atoms with E-state index < -0.39 is 0 Å². The maximum atomic E-state index is 9.03. The van der Waals surface area contributed by atoms with Crippen LogP contribution in [0.5, 0.6) is 5.75 Å². The molecule has 1 aromatic carbocycles. The summed E-state index contributed by atoms with van der Waals surface area (Å²) in [5, 5.41) is 12.7. The zero-order valence-corrected chi connectivity index (χ0v) is 13.7. The third-order valence-electron chi connectivity index (χ3n) is 3.82. The van der Waals surface area contributed by atoms with Crippen molar-refractivity contribution in [2.75, 3.05) is 19.8 Å². The molecule has 4 heteroatoms. The van der Waals surface area contributed by atoms with Crippen LogP contribution in [0, 0.1) is 5.92 Å². The normalized spacial score (nSPS) is 19.9. The Morgan fingerprint density at radius 1 is 1.50 bits per heavy atom. The summed E-state index contributed by atoms with van der Waals surface area (Å²) < 4.78 is 6.88. The van der Waals surface area contributed by atoms with Gasteiger partial charge in [-0.25, -0.2) is 0 Å². The van der Waals surface area contributed by atoms with Gasteiger partial charge in [0.25, 0.3) is 0 Å². The van der Waals surface area contributed by atoms with Crippen molar-refractivity contribution < 1.29 is 9.84 Å². The zero-order chi connectivity index (χ0) is 14.4. The molecule has 0 radical (unpaired) electrons. The monoisotopic (exact) mass is 341 g/mol. The molecule has 0 bridgehead atoms. The maximum absolute atomic E-state index is 9.03. The number of halogens is 1. The SMILES string of the molecule is CC(CO)CCCNC1CCCOc2cc(Br)ccc21. The molecule has 2 unspecified atom stereocenters. The molecule has 0 fully saturated rings. The van der Waals surface area contributed by atoms with Crippen molar-refractivity contribution in [3.8, 4) is 5.75 Å². The van der Waals surface area contributed by atoms with E-state index in [9.17, 15) is 0 Å². The van der Waals surface area contributed by atoms with Crippen molar-refractivity contribution in [2.24, 2.45) is 5.92 Å². The molecule has 0 aromatic heterocycles. The standard InChI is InChI=1S/C16H24BrNO2/c1-12(11-19)4-2-8-18-15-5-3-9-20-16-10-13(17)6-7-14(15)16/h6-7,10,12,15,18-19H,2-5,8-9,11H2,1H3. The minimum absolute atomic E-state index is 0.286. The van der Waals surface area contributed by atoms with Crippen molar-refractivity contribution in [1.82, 2.24) is 5.32 Å². The van der Waals surface area contributed by atoms with Crippen molar-refractivity contribution >= 4 is 15.9 Å². The van der Waals surface area contributed by atoms with Gasteiger partial charge in [-0.2, -0.15) is 0 Å². The number of nitrogens with one attached hydrogen (secondary N) is 1. The minimum atomic E-state index is 0.286. The minimum Gasteiger partial charge on any atom is -0.493 e. The Kier molecular flexibility index (Phi) is 6.33. The van der Waals surface area contributed by atoms with Gasteiger partial charge in [0.1, 0.15) is 5.75 Å². The molecule has 1 aliphatic rings. The summed E-state index contributed by atoms with van der Waals surface area (Å²) >= 11 is 3.50. The Morgan fingerprint density at radius 3 is 3.15 bits per heavy atom. The highest BCUT2D eigenvalue weighted by Crippen LogP contribution is 2.33. The van der Waals surface area contributed by atoms with Crippen LogP contribution in [0.1, 0.15) is 44.2 Å². The highest BCUT2D eigenvalue weighted by atomic mass is 79.9. The van der Waals surface area contributed by atoms with Gasteiger partial charge in [-0.15, -0.1) is 0 Å². The lowest BCUT2D eigenvalue weighted by Gasteiger charge is -2.19. The average Bonchev–Trinajstić information content (AvgIpc) is 2.65. The number of fused-ring (bicyclic) bond motifs is 1. The first-order chi connectivity index (χ1) is 9.70. The van der Waals surface area contributed by atoms with Gasteiger partial charge >= 0.3 is 0 Å². The fraction of sp³-hybridized carbons (Fsp3) is 0.625. The number of aliphatic hydroxyl groups is 1. The molecule has 0 saturated carbocycles. The van der Waals surface area contributed by atoms with Gasteiger partial charge in [-0.3, -0.25) is 0 Å². The van der Waals surface area contributed by atoms with E-state index in [2.05, 4.69) is 46.4 Å². The number of rotatable bonds is 6. The lowest BCUT2D eigenvalue weighted by molar-refractivity contribution is 0.227. The molecule has 1 aliphatic heterocycles. The Balaban J connectivity index is 1.91. The lowest BCUT2D eigenvalue weighted by atomic mass is 10.0. The van der Waals surface area contributed by atoms with Gasteiger partial charge < -0.3 is 15.2 Å². The van der Waals surface area contributed by atoms with Gasteiger partial charge in [-0.1, -0.05) is 28.9 Å². The van der Waals surface area contributed by atoms with E-state index in [4.69, 9.17) is 9.84 Å². The Labute approximate surface area is 129 Å². The topological polar surface area (TPSA) is 41.5 Å². The van der Waals surface area contributed by atoms with Crippen molar-refractivity contribution in [3.05, 3.63) is 28.2 Å².